The lowest BCUT2D eigenvalue weighted by Crippen LogP contribution is -2.06. The Bertz CT molecular complexity index is 467. The average molecular weight is 256 g/mol. The molecule has 1 aliphatic carbocycles. The molecule has 0 amide bonds. The van der Waals surface area contributed by atoms with E-state index in [0.717, 1.165) is 12.0 Å². The van der Waals surface area contributed by atoms with E-state index in [1.54, 1.807) is 12.2 Å². The summed E-state index contributed by atoms with van der Waals surface area (Å²) in [7, 11) is 0. The Morgan fingerprint density at radius 2 is 1.89 bits per heavy atom. The third-order valence-electron chi connectivity index (χ3n) is 2.43. The van der Waals surface area contributed by atoms with Gasteiger partial charge in [-0.25, -0.2) is 4.79 Å². The predicted octanol–water partition coefficient (Wildman–Crippen LogP) is 4.20. The van der Waals surface area contributed by atoms with Gasteiger partial charge in [-0.3, -0.25) is 0 Å². The smallest absolute Gasteiger partial charge is 0.338 e. The fourth-order valence-electron chi connectivity index (χ4n) is 1.52. The summed E-state index contributed by atoms with van der Waals surface area (Å²) >= 11 is 0. The molecular formula is C17H20O2. The Labute approximate surface area is 115 Å². The van der Waals surface area contributed by atoms with E-state index in [1.807, 2.05) is 62.4 Å². The lowest BCUT2D eigenvalue weighted by atomic mass is 10.2. The van der Waals surface area contributed by atoms with E-state index in [0.29, 0.717) is 12.2 Å². The summed E-state index contributed by atoms with van der Waals surface area (Å²) in [6, 6.07) is 9.66. The molecule has 0 heterocycles. The molecule has 2 nitrogen and oxygen atoms in total. The Hall–Kier alpha value is -2.09. The summed E-state index contributed by atoms with van der Waals surface area (Å²) in [5.74, 6) is -0.281. The van der Waals surface area contributed by atoms with Gasteiger partial charge in [-0.05, 0) is 18.1 Å². The fraction of sp³-hybridized carbons (Fsp3) is 0.235. The van der Waals surface area contributed by atoms with Gasteiger partial charge in [0.25, 0.3) is 0 Å². The van der Waals surface area contributed by atoms with Gasteiger partial charge in [0.05, 0.1) is 5.57 Å². The number of ether oxygens (including phenoxy) is 1. The van der Waals surface area contributed by atoms with Crippen LogP contribution < -0.4 is 0 Å². The van der Waals surface area contributed by atoms with Crippen LogP contribution >= 0.6 is 0 Å². The minimum Gasteiger partial charge on any atom is -0.457 e. The third-order valence-corrected chi connectivity index (χ3v) is 2.43. The number of rotatable bonds is 3. The summed E-state index contributed by atoms with van der Waals surface area (Å²) in [6.45, 7) is 4.31. The molecule has 2 rings (SSSR count). The Balaban J connectivity index is 0.000000861. The molecule has 2 heteroatoms. The first kappa shape index (κ1) is 15.0. The van der Waals surface area contributed by atoms with Gasteiger partial charge >= 0.3 is 5.97 Å². The van der Waals surface area contributed by atoms with Crippen LogP contribution in [0.4, 0.5) is 0 Å². The molecule has 0 unspecified atom stereocenters. The van der Waals surface area contributed by atoms with Crippen molar-refractivity contribution in [3.8, 4) is 0 Å². The van der Waals surface area contributed by atoms with Gasteiger partial charge in [0, 0.05) is 0 Å². The normalized spacial score (nSPS) is 12.8. The summed E-state index contributed by atoms with van der Waals surface area (Å²) < 4.78 is 5.23. The van der Waals surface area contributed by atoms with Crippen molar-refractivity contribution in [2.75, 3.05) is 0 Å². The molecule has 0 atom stereocenters. The van der Waals surface area contributed by atoms with Crippen LogP contribution in [0.25, 0.3) is 0 Å². The van der Waals surface area contributed by atoms with E-state index in [2.05, 4.69) is 0 Å². The number of esters is 1. The summed E-state index contributed by atoms with van der Waals surface area (Å²) in [6.07, 6.45) is 10.2. The van der Waals surface area contributed by atoms with Crippen LogP contribution in [-0.4, -0.2) is 5.97 Å². The van der Waals surface area contributed by atoms with Crippen LogP contribution in [0.2, 0.25) is 0 Å². The highest BCUT2D eigenvalue weighted by Gasteiger charge is 2.07. The van der Waals surface area contributed by atoms with Gasteiger partial charge in [0.2, 0.25) is 0 Å². The molecule has 0 fully saturated rings. The number of hydrogen-bond donors (Lipinski definition) is 0. The van der Waals surface area contributed by atoms with Crippen LogP contribution in [0.1, 0.15) is 25.8 Å². The standard InChI is InChI=1S/C15H14O2.C2H6/c16-15(14-10-6-1-2-7-11-14)17-12-13-8-4-3-5-9-13;1-2/h1,3-11H,2,12H2;1-2H3. The molecule has 0 spiro atoms. The van der Waals surface area contributed by atoms with E-state index in [1.165, 1.54) is 0 Å². The van der Waals surface area contributed by atoms with Crippen molar-refractivity contribution in [1.29, 1.82) is 0 Å². The lowest BCUT2D eigenvalue weighted by molar-refractivity contribution is -0.139. The maximum atomic E-state index is 11.7. The molecule has 0 bridgehead atoms. The van der Waals surface area contributed by atoms with Crippen molar-refractivity contribution in [1.82, 2.24) is 0 Å². The first-order valence-corrected chi connectivity index (χ1v) is 6.61. The molecule has 1 aliphatic rings. The fourth-order valence-corrected chi connectivity index (χ4v) is 1.52. The maximum absolute atomic E-state index is 11.7. The van der Waals surface area contributed by atoms with Gasteiger partial charge in [0.15, 0.2) is 0 Å². The van der Waals surface area contributed by atoms with Gasteiger partial charge in [-0.1, -0.05) is 68.5 Å². The number of carbonyl (C=O) groups is 1. The third kappa shape index (κ3) is 5.38. The van der Waals surface area contributed by atoms with Crippen LogP contribution in [0, 0.1) is 0 Å². The average Bonchev–Trinajstić information content (AvgIpc) is 2.77. The Morgan fingerprint density at radius 1 is 1.16 bits per heavy atom. The van der Waals surface area contributed by atoms with Crippen LogP contribution in [-0.2, 0) is 16.1 Å². The van der Waals surface area contributed by atoms with Gasteiger partial charge in [-0.15, -0.1) is 0 Å². The molecular weight excluding hydrogens is 236 g/mol. The van der Waals surface area contributed by atoms with E-state index < -0.39 is 0 Å². The van der Waals surface area contributed by atoms with Crippen molar-refractivity contribution in [3.63, 3.8) is 0 Å². The SMILES string of the molecule is CC.O=C(OCc1ccccc1)C1=CC=CCC=C1. The van der Waals surface area contributed by atoms with E-state index in [9.17, 15) is 4.79 Å². The highest BCUT2D eigenvalue weighted by atomic mass is 16.5. The van der Waals surface area contributed by atoms with Crippen LogP contribution in [0.5, 0.6) is 0 Å². The minimum absolute atomic E-state index is 0.281. The molecule has 0 saturated heterocycles. The van der Waals surface area contributed by atoms with Gasteiger partial charge in [0.1, 0.15) is 6.61 Å². The van der Waals surface area contributed by atoms with Crippen molar-refractivity contribution in [3.05, 3.63) is 71.8 Å². The molecule has 19 heavy (non-hydrogen) atoms. The first-order chi connectivity index (χ1) is 9.36. The summed E-state index contributed by atoms with van der Waals surface area (Å²) in [5.41, 5.74) is 1.59. The molecule has 1 aromatic carbocycles. The second-order valence-corrected chi connectivity index (χ2v) is 3.75. The second kappa shape index (κ2) is 8.92. The second-order valence-electron chi connectivity index (χ2n) is 3.75. The van der Waals surface area contributed by atoms with Gasteiger partial charge in [-0.2, -0.15) is 0 Å². The molecule has 0 aromatic heterocycles. The van der Waals surface area contributed by atoms with Crippen LogP contribution in [0.3, 0.4) is 0 Å². The minimum atomic E-state index is -0.281. The molecule has 0 aliphatic heterocycles. The predicted molar refractivity (Wildman–Crippen MR) is 78.6 cm³/mol. The largest absolute Gasteiger partial charge is 0.457 e. The Kier molecular flexibility index (Phi) is 7.03. The zero-order valence-corrected chi connectivity index (χ0v) is 11.5. The van der Waals surface area contributed by atoms with Crippen molar-refractivity contribution < 1.29 is 9.53 Å². The number of benzene rings is 1. The Morgan fingerprint density at radius 3 is 2.63 bits per heavy atom. The number of hydrogen-bond acceptors (Lipinski definition) is 2. The molecule has 0 radical (unpaired) electrons. The zero-order chi connectivity index (χ0) is 13.9. The van der Waals surface area contributed by atoms with E-state index in [-0.39, 0.29) is 5.97 Å². The molecule has 100 valence electrons. The topological polar surface area (TPSA) is 26.3 Å². The van der Waals surface area contributed by atoms with Gasteiger partial charge < -0.3 is 4.74 Å². The zero-order valence-electron chi connectivity index (χ0n) is 11.5. The number of carbonyl (C=O) groups excluding carboxylic acids is 1. The first-order valence-electron chi connectivity index (χ1n) is 6.61. The quantitative estimate of drug-likeness (QED) is 0.758. The summed E-state index contributed by atoms with van der Waals surface area (Å²) in [5, 5.41) is 0. The molecule has 0 N–H and O–H groups in total. The maximum Gasteiger partial charge on any atom is 0.338 e. The van der Waals surface area contributed by atoms with Crippen molar-refractivity contribution in [2.24, 2.45) is 0 Å². The number of allylic oxidation sites excluding steroid dienone is 4. The van der Waals surface area contributed by atoms with E-state index in [4.69, 9.17) is 4.74 Å². The van der Waals surface area contributed by atoms with Crippen molar-refractivity contribution in [2.45, 2.75) is 26.9 Å². The van der Waals surface area contributed by atoms with Crippen LogP contribution in [0.15, 0.2) is 66.3 Å². The van der Waals surface area contributed by atoms with E-state index >= 15 is 0 Å². The highest BCUT2D eigenvalue weighted by molar-refractivity contribution is 5.92. The van der Waals surface area contributed by atoms with Crippen molar-refractivity contribution >= 4 is 5.97 Å². The monoisotopic (exact) mass is 256 g/mol. The lowest BCUT2D eigenvalue weighted by Gasteiger charge is -2.04. The molecule has 1 aromatic rings. The summed E-state index contributed by atoms with van der Waals surface area (Å²) in [4.78, 5) is 11.7. The highest BCUT2D eigenvalue weighted by Crippen LogP contribution is 2.08. The molecule has 0 saturated carbocycles.